The van der Waals surface area contributed by atoms with E-state index >= 15 is 0 Å². The Balaban J connectivity index is 1.90. The van der Waals surface area contributed by atoms with Crippen molar-refractivity contribution in [2.45, 2.75) is 49.7 Å². The lowest BCUT2D eigenvalue weighted by molar-refractivity contribution is -0.104. The maximum absolute atomic E-state index is 5.82. The second kappa shape index (κ2) is 4.61. The number of hydrogen-bond acceptors (Lipinski definition) is 4. The number of hydrogen-bond donors (Lipinski definition) is 2. The summed E-state index contributed by atoms with van der Waals surface area (Å²) in [5.41, 5.74) is 5.51. The summed E-state index contributed by atoms with van der Waals surface area (Å²) in [6, 6.07) is 4.37. The zero-order chi connectivity index (χ0) is 12.6. The van der Waals surface area contributed by atoms with E-state index in [4.69, 9.17) is 10.6 Å². The molecule has 1 aromatic heterocycles. The average Bonchev–Trinajstić information content (AvgIpc) is 2.77. The Kier molecular flexibility index (Phi) is 3.09. The third kappa shape index (κ3) is 1.67. The molecular weight excluding hydrogens is 226 g/mol. The molecule has 3 N–H and O–H groups in total. The maximum Gasteiger partial charge on any atom is 0.0851 e. The quantitative estimate of drug-likeness (QED) is 0.625. The molecule has 4 heteroatoms. The molecule has 1 saturated carbocycles. The summed E-state index contributed by atoms with van der Waals surface area (Å²) in [6.07, 6.45) is 7.52. The zero-order valence-corrected chi connectivity index (χ0v) is 10.9. The monoisotopic (exact) mass is 247 g/mol. The van der Waals surface area contributed by atoms with E-state index in [9.17, 15) is 0 Å². The molecule has 1 fully saturated rings. The van der Waals surface area contributed by atoms with Crippen molar-refractivity contribution in [1.82, 2.24) is 10.4 Å². The van der Waals surface area contributed by atoms with Gasteiger partial charge in [-0.05, 0) is 43.7 Å². The van der Waals surface area contributed by atoms with Gasteiger partial charge in [0.15, 0.2) is 0 Å². The Morgan fingerprint density at radius 1 is 1.56 bits per heavy atom. The number of aryl methyl sites for hydroxylation is 1. The number of nitrogens with two attached hydrogens (primary N) is 1. The molecule has 4 nitrogen and oxygen atoms in total. The summed E-state index contributed by atoms with van der Waals surface area (Å²) in [5.74, 6) is 6.20. The number of fused-ring (bicyclic) bond motifs is 1. The fourth-order valence-corrected chi connectivity index (χ4v) is 3.57. The van der Waals surface area contributed by atoms with Gasteiger partial charge in [0.2, 0.25) is 0 Å². The Morgan fingerprint density at radius 2 is 2.39 bits per heavy atom. The fraction of sp³-hybridized carbons (Fsp3) is 0.643. The normalized spacial score (nSPS) is 26.4. The van der Waals surface area contributed by atoms with Gasteiger partial charge in [-0.25, -0.2) is 0 Å². The van der Waals surface area contributed by atoms with Gasteiger partial charge < -0.3 is 4.74 Å². The van der Waals surface area contributed by atoms with Gasteiger partial charge in [0.25, 0.3) is 0 Å². The van der Waals surface area contributed by atoms with Gasteiger partial charge in [-0.3, -0.25) is 16.3 Å². The molecule has 2 aliphatic rings. The van der Waals surface area contributed by atoms with E-state index in [-0.39, 0.29) is 11.6 Å². The van der Waals surface area contributed by atoms with Crippen molar-refractivity contribution in [3.05, 3.63) is 29.6 Å². The van der Waals surface area contributed by atoms with Crippen LogP contribution in [0.4, 0.5) is 0 Å². The number of ether oxygens (including phenoxy) is 1. The van der Waals surface area contributed by atoms with E-state index in [1.54, 1.807) is 7.11 Å². The highest BCUT2D eigenvalue weighted by molar-refractivity contribution is 5.31. The van der Waals surface area contributed by atoms with E-state index in [2.05, 4.69) is 16.5 Å². The summed E-state index contributed by atoms with van der Waals surface area (Å²) >= 11 is 0. The Morgan fingerprint density at radius 3 is 3.00 bits per heavy atom. The number of pyridine rings is 1. The summed E-state index contributed by atoms with van der Waals surface area (Å²) in [4.78, 5) is 4.56. The minimum atomic E-state index is -0.0848. The van der Waals surface area contributed by atoms with Crippen LogP contribution in [0.3, 0.4) is 0 Å². The maximum atomic E-state index is 5.82. The van der Waals surface area contributed by atoms with Crippen molar-refractivity contribution in [3.8, 4) is 0 Å². The van der Waals surface area contributed by atoms with Gasteiger partial charge >= 0.3 is 0 Å². The molecule has 0 radical (unpaired) electrons. The van der Waals surface area contributed by atoms with Crippen molar-refractivity contribution < 1.29 is 4.74 Å². The van der Waals surface area contributed by atoms with E-state index in [1.165, 1.54) is 17.7 Å². The van der Waals surface area contributed by atoms with Gasteiger partial charge in [-0.2, -0.15) is 0 Å². The molecule has 0 spiro atoms. The van der Waals surface area contributed by atoms with Crippen LogP contribution < -0.4 is 11.3 Å². The molecule has 1 aromatic rings. The second-order valence-electron chi connectivity index (χ2n) is 5.46. The standard InChI is InChI=1S/C14H21N3O/c1-18-14(7-3-8-14)13(17-15)11-6-5-10-4-2-9-16-12(10)11/h2,4,9,11,13,17H,3,5-8,15H2,1H3. The molecule has 2 aliphatic carbocycles. The Bertz CT molecular complexity index is 425. The number of methoxy groups -OCH3 is 1. The molecule has 18 heavy (non-hydrogen) atoms. The van der Waals surface area contributed by atoms with Crippen LogP contribution in [0.15, 0.2) is 18.3 Å². The third-order valence-electron chi connectivity index (χ3n) is 4.76. The number of aromatic nitrogens is 1. The van der Waals surface area contributed by atoms with Crippen LogP contribution in [0.5, 0.6) is 0 Å². The molecule has 0 amide bonds. The molecule has 2 unspecified atom stereocenters. The molecule has 0 aromatic carbocycles. The lowest BCUT2D eigenvalue weighted by Crippen LogP contribution is -2.60. The molecule has 1 heterocycles. The highest BCUT2D eigenvalue weighted by atomic mass is 16.5. The summed E-state index contributed by atoms with van der Waals surface area (Å²) in [7, 11) is 1.80. The molecule has 0 saturated heterocycles. The SMILES string of the molecule is COC1(C(NN)C2CCc3cccnc32)CCC1. The van der Waals surface area contributed by atoms with E-state index < -0.39 is 0 Å². The van der Waals surface area contributed by atoms with E-state index in [0.29, 0.717) is 5.92 Å². The van der Waals surface area contributed by atoms with Crippen LogP contribution in [-0.4, -0.2) is 23.7 Å². The van der Waals surface area contributed by atoms with Crippen LogP contribution in [0.2, 0.25) is 0 Å². The molecule has 0 bridgehead atoms. The van der Waals surface area contributed by atoms with Gasteiger partial charge in [-0.1, -0.05) is 6.07 Å². The topological polar surface area (TPSA) is 60.2 Å². The summed E-state index contributed by atoms with van der Waals surface area (Å²) in [6.45, 7) is 0. The van der Waals surface area contributed by atoms with Gasteiger partial charge in [0.05, 0.1) is 11.6 Å². The lowest BCUT2D eigenvalue weighted by atomic mass is 9.70. The van der Waals surface area contributed by atoms with Crippen LogP contribution in [-0.2, 0) is 11.2 Å². The van der Waals surface area contributed by atoms with Gasteiger partial charge in [-0.15, -0.1) is 0 Å². The zero-order valence-electron chi connectivity index (χ0n) is 10.9. The number of nitrogens with one attached hydrogen (secondary N) is 1. The minimum absolute atomic E-state index is 0.0848. The Labute approximate surface area is 108 Å². The molecular formula is C14H21N3O. The van der Waals surface area contributed by atoms with Crippen molar-refractivity contribution in [3.63, 3.8) is 0 Å². The number of nitrogens with zero attached hydrogens (tertiary/aromatic N) is 1. The van der Waals surface area contributed by atoms with Crippen molar-refractivity contribution in [2.24, 2.45) is 5.84 Å². The number of hydrazine groups is 1. The van der Waals surface area contributed by atoms with Crippen LogP contribution in [0.25, 0.3) is 0 Å². The Hall–Kier alpha value is -0.970. The molecule has 0 aliphatic heterocycles. The lowest BCUT2D eigenvalue weighted by Gasteiger charge is -2.48. The predicted octanol–water partition coefficient (Wildman–Crippen LogP) is 1.51. The largest absolute Gasteiger partial charge is 0.377 e. The fourth-order valence-electron chi connectivity index (χ4n) is 3.57. The summed E-state index contributed by atoms with van der Waals surface area (Å²) < 4.78 is 5.78. The van der Waals surface area contributed by atoms with Crippen LogP contribution in [0.1, 0.15) is 42.9 Å². The van der Waals surface area contributed by atoms with E-state index in [0.717, 1.165) is 25.7 Å². The highest BCUT2D eigenvalue weighted by Gasteiger charge is 2.49. The average molecular weight is 247 g/mol. The first-order valence-corrected chi connectivity index (χ1v) is 6.76. The van der Waals surface area contributed by atoms with Crippen molar-refractivity contribution in [1.29, 1.82) is 0 Å². The molecule has 3 rings (SSSR count). The molecule has 2 atom stereocenters. The van der Waals surface area contributed by atoms with Crippen LogP contribution >= 0.6 is 0 Å². The first kappa shape index (κ1) is 12.1. The van der Waals surface area contributed by atoms with Crippen LogP contribution in [0, 0.1) is 0 Å². The summed E-state index contributed by atoms with van der Waals surface area (Å²) in [5, 5.41) is 0. The van der Waals surface area contributed by atoms with Gasteiger partial charge in [0, 0.05) is 24.9 Å². The molecule has 98 valence electrons. The van der Waals surface area contributed by atoms with E-state index in [1.807, 2.05) is 12.3 Å². The third-order valence-corrected chi connectivity index (χ3v) is 4.76. The minimum Gasteiger partial charge on any atom is -0.377 e. The highest BCUT2D eigenvalue weighted by Crippen LogP contribution is 2.46. The van der Waals surface area contributed by atoms with Crippen molar-refractivity contribution >= 4 is 0 Å². The number of rotatable bonds is 4. The predicted molar refractivity (Wildman–Crippen MR) is 70.0 cm³/mol. The van der Waals surface area contributed by atoms with Gasteiger partial charge in [0.1, 0.15) is 0 Å². The smallest absolute Gasteiger partial charge is 0.0851 e. The first-order chi connectivity index (χ1) is 8.80. The van der Waals surface area contributed by atoms with Crippen molar-refractivity contribution in [2.75, 3.05) is 7.11 Å². The second-order valence-corrected chi connectivity index (χ2v) is 5.46. The first-order valence-electron chi connectivity index (χ1n) is 6.76.